The van der Waals surface area contributed by atoms with Crippen molar-refractivity contribution in [1.82, 2.24) is 5.16 Å². The lowest BCUT2D eigenvalue weighted by molar-refractivity contribution is 0.102. The number of benzene rings is 1. The fourth-order valence-corrected chi connectivity index (χ4v) is 1.39. The minimum absolute atomic E-state index is 0.149. The molecule has 0 radical (unpaired) electrons. The molecule has 0 unspecified atom stereocenters. The number of nitrogens with one attached hydrogen (secondary N) is 1. The molecule has 17 heavy (non-hydrogen) atoms. The van der Waals surface area contributed by atoms with Crippen molar-refractivity contribution >= 4 is 23.3 Å². The van der Waals surface area contributed by atoms with Crippen LogP contribution in [0.15, 0.2) is 29.0 Å². The van der Waals surface area contributed by atoms with Crippen molar-refractivity contribution in [2.24, 2.45) is 0 Å². The van der Waals surface area contributed by atoms with E-state index >= 15 is 0 Å². The Bertz CT molecular complexity index is 558. The maximum atomic E-state index is 13.0. The van der Waals surface area contributed by atoms with Gasteiger partial charge in [-0.2, -0.15) is 0 Å². The third-order valence-corrected chi connectivity index (χ3v) is 2.25. The minimum atomic E-state index is -1.15. The van der Waals surface area contributed by atoms with E-state index in [9.17, 15) is 13.6 Å². The number of carbonyl (C=O) groups is 1. The summed E-state index contributed by atoms with van der Waals surface area (Å²) >= 11 is 5.63. The number of amides is 1. The molecule has 0 saturated heterocycles. The summed E-state index contributed by atoms with van der Waals surface area (Å²) in [5.41, 5.74) is -0.187. The van der Waals surface area contributed by atoms with E-state index in [2.05, 4.69) is 15.0 Å². The Morgan fingerprint density at radius 2 is 2.06 bits per heavy atom. The molecule has 0 atom stereocenters. The lowest BCUT2D eigenvalue weighted by Gasteiger charge is -2.04. The van der Waals surface area contributed by atoms with E-state index in [4.69, 9.17) is 11.6 Å². The van der Waals surface area contributed by atoms with Gasteiger partial charge in [-0.05, 0) is 12.1 Å². The van der Waals surface area contributed by atoms with Crippen LogP contribution in [-0.2, 0) is 0 Å². The summed E-state index contributed by atoms with van der Waals surface area (Å²) in [5, 5.41) is 5.55. The average Bonchev–Trinajstić information content (AvgIpc) is 2.76. The van der Waals surface area contributed by atoms with Crippen LogP contribution >= 0.6 is 11.6 Å². The van der Waals surface area contributed by atoms with Crippen molar-refractivity contribution in [3.63, 3.8) is 0 Å². The Hall–Kier alpha value is -1.95. The normalized spacial score (nSPS) is 10.3. The summed E-state index contributed by atoms with van der Waals surface area (Å²) in [7, 11) is 0. The quantitative estimate of drug-likeness (QED) is 0.843. The highest BCUT2D eigenvalue weighted by Crippen LogP contribution is 2.20. The Kier molecular flexibility index (Phi) is 3.06. The molecule has 1 aromatic carbocycles. The number of hydrogen-bond acceptors (Lipinski definition) is 3. The van der Waals surface area contributed by atoms with Crippen LogP contribution in [0.5, 0.6) is 0 Å². The van der Waals surface area contributed by atoms with Gasteiger partial charge in [0.25, 0.3) is 5.91 Å². The van der Waals surface area contributed by atoms with Crippen molar-refractivity contribution in [3.8, 4) is 0 Å². The molecular weight excluding hydrogens is 254 g/mol. The van der Waals surface area contributed by atoms with Crippen molar-refractivity contribution in [2.75, 3.05) is 5.32 Å². The number of anilines is 1. The molecule has 0 aliphatic heterocycles. The molecule has 2 rings (SSSR count). The van der Waals surface area contributed by atoms with E-state index in [1.807, 2.05) is 0 Å². The summed E-state index contributed by atoms with van der Waals surface area (Å²) in [6.45, 7) is 0. The first kappa shape index (κ1) is 11.5. The van der Waals surface area contributed by atoms with E-state index in [1.165, 1.54) is 12.3 Å². The van der Waals surface area contributed by atoms with Crippen LogP contribution in [0.4, 0.5) is 14.6 Å². The molecule has 1 aromatic heterocycles. The smallest absolute Gasteiger partial charge is 0.258 e. The number of rotatable bonds is 2. The van der Waals surface area contributed by atoms with Gasteiger partial charge in [0.15, 0.2) is 17.5 Å². The number of carbonyl (C=O) groups excluding carboxylic acids is 1. The largest absolute Gasteiger partial charge is 0.363 e. The highest BCUT2D eigenvalue weighted by molar-refractivity contribution is 6.34. The Labute approximate surface area is 99.2 Å². The first-order valence-electron chi connectivity index (χ1n) is 4.44. The molecule has 0 bridgehead atoms. The van der Waals surface area contributed by atoms with Gasteiger partial charge in [-0.15, -0.1) is 0 Å². The minimum Gasteiger partial charge on any atom is -0.363 e. The predicted molar refractivity (Wildman–Crippen MR) is 55.8 cm³/mol. The van der Waals surface area contributed by atoms with Crippen molar-refractivity contribution in [1.29, 1.82) is 0 Å². The van der Waals surface area contributed by atoms with Crippen molar-refractivity contribution in [2.45, 2.75) is 0 Å². The van der Waals surface area contributed by atoms with E-state index in [-0.39, 0.29) is 16.4 Å². The summed E-state index contributed by atoms with van der Waals surface area (Å²) < 4.78 is 30.2. The molecule has 2 aromatic rings. The van der Waals surface area contributed by atoms with E-state index < -0.39 is 17.5 Å². The van der Waals surface area contributed by atoms with E-state index in [0.717, 1.165) is 6.07 Å². The summed E-state index contributed by atoms with van der Waals surface area (Å²) in [4.78, 5) is 11.6. The van der Waals surface area contributed by atoms with Gasteiger partial charge in [0.2, 0.25) is 0 Å². The first-order chi connectivity index (χ1) is 8.08. The van der Waals surface area contributed by atoms with Crippen LogP contribution in [0.1, 0.15) is 10.4 Å². The summed E-state index contributed by atoms with van der Waals surface area (Å²) in [6.07, 6.45) is 1.25. The molecule has 0 spiro atoms. The second kappa shape index (κ2) is 4.50. The topological polar surface area (TPSA) is 55.1 Å². The fourth-order valence-electron chi connectivity index (χ4n) is 1.16. The summed E-state index contributed by atoms with van der Waals surface area (Å²) in [5.74, 6) is -2.83. The van der Waals surface area contributed by atoms with Gasteiger partial charge in [-0.1, -0.05) is 16.8 Å². The van der Waals surface area contributed by atoms with Gasteiger partial charge in [0.1, 0.15) is 6.26 Å². The second-order valence-electron chi connectivity index (χ2n) is 3.08. The molecule has 0 fully saturated rings. The number of nitrogens with zero attached hydrogens (tertiary/aromatic N) is 1. The molecule has 0 aliphatic carbocycles. The lowest BCUT2D eigenvalue weighted by Crippen LogP contribution is -2.13. The zero-order valence-electron chi connectivity index (χ0n) is 8.21. The monoisotopic (exact) mass is 258 g/mol. The maximum absolute atomic E-state index is 13.0. The number of halogens is 3. The predicted octanol–water partition coefficient (Wildman–Crippen LogP) is 2.86. The van der Waals surface area contributed by atoms with Crippen LogP contribution in [0.25, 0.3) is 0 Å². The lowest BCUT2D eigenvalue weighted by atomic mass is 10.2. The fraction of sp³-hybridized carbons (Fsp3) is 0. The SMILES string of the molecule is O=C(Nc1ccon1)c1cc(F)c(F)cc1Cl. The van der Waals surface area contributed by atoms with Gasteiger partial charge < -0.3 is 9.84 Å². The molecule has 88 valence electrons. The molecule has 1 amide bonds. The Morgan fingerprint density at radius 3 is 2.71 bits per heavy atom. The van der Waals surface area contributed by atoms with Crippen LogP contribution in [0.2, 0.25) is 5.02 Å². The second-order valence-corrected chi connectivity index (χ2v) is 3.49. The van der Waals surface area contributed by atoms with Crippen molar-refractivity contribution in [3.05, 3.63) is 46.7 Å². The molecule has 1 N–H and O–H groups in total. The van der Waals surface area contributed by atoms with Gasteiger partial charge in [0.05, 0.1) is 10.6 Å². The number of hydrogen-bond donors (Lipinski definition) is 1. The standard InChI is InChI=1S/C10H5ClF2N2O2/c11-6-4-8(13)7(12)3-5(6)10(16)14-9-1-2-17-15-9/h1-4H,(H,14,15,16). The zero-order chi connectivity index (χ0) is 12.4. The van der Waals surface area contributed by atoms with Crippen LogP contribution in [0.3, 0.4) is 0 Å². The van der Waals surface area contributed by atoms with Crippen LogP contribution < -0.4 is 5.32 Å². The molecule has 0 aliphatic rings. The van der Waals surface area contributed by atoms with Crippen LogP contribution in [-0.4, -0.2) is 11.1 Å². The Morgan fingerprint density at radius 1 is 1.35 bits per heavy atom. The number of aromatic nitrogens is 1. The summed E-state index contributed by atoms with van der Waals surface area (Å²) in [6, 6.07) is 2.84. The van der Waals surface area contributed by atoms with E-state index in [0.29, 0.717) is 6.07 Å². The Balaban J connectivity index is 2.28. The molecule has 4 nitrogen and oxygen atoms in total. The highest BCUT2D eigenvalue weighted by Gasteiger charge is 2.15. The van der Waals surface area contributed by atoms with Crippen molar-refractivity contribution < 1.29 is 18.1 Å². The zero-order valence-corrected chi connectivity index (χ0v) is 8.96. The third kappa shape index (κ3) is 2.42. The van der Waals surface area contributed by atoms with Gasteiger partial charge >= 0.3 is 0 Å². The van der Waals surface area contributed by atoms with Gasteiger partial charge in [0, 0.05) is 6.07 Å². The highest BCUT2D eigenvalue weighted by atomic mass is 35.5. The molecule has 7 heteroatoms. The molecular formula is C10H5ClF2N2O2. The van der Waals surface area contributed by atoms with Crippen LogP contribution in [0, 0.1) is 11.6 Å². The molecule has 1 heterocycles. The molecule has 0 saturated carbocycles. The van der Waals surface area contributed by atoms with E-state index in [1.54, 1.807) is 0 Å². The maximum Gasteiger partial charge on any atom is 0.258 e. The van der Waals surface area contributed by atoms with Gasteiger partial charge in [-0.25, -0.2) is 8.78 Å². The third-order valence-electron chi connectivity index (χ3n) is 1.93. The average molecular weight is 259 g/mol. The first-order valence-corrected chi connectivity index (χ1v) is 4.82. The van der Waals surface area contributed by atoms with Gasteiger partial charge in [-0.3, -0.25) is 4.79 Å².